The molecule has 0 N–H and O–H groups in total. The van der Waals surface area contributed by atoms with E-state index in [0.29, 0.717) is 24.2 Å². The van der Waals surface area contributed by atoms with E-state index in [1.807, 2.05) is 81.9 Å². The summed E-state index contributed by atoms with van der Waals surface area (Å²) in [5.74, 6) is 0. The molecule has 38 heavy (non-hydrogen) atoms. The Hall–Kier alpha value is -5.08. The van der Waals surface area contributed by atoms with Crippen LogP contribution in [0.1, 0.15) is 5.48 Å². The molecule has 0 amide bonds. The Kier molecular flexibility index (Phi) is 3.76. The summed E-state index contributed by atoms with van der Waals surface area (Å²) in [6.45, 7) is 0. The molecule has 0 saturated heterocycles. The van der Waals surface area contributed by atoms with Crippen molar-refractivity contribution in [3.63, 3.8) is 0 Å². The summed E-state index contributed by atoms with van der Waals surface area (Å²) in [5.41, 5.74) is 7.13. The van der Waals surface area contributed by atoms with Gasteiger partial charge in [0, 0.05) is 32.9 Å². The molecule has 6 aromatic carbocycles. The van der Waals surface area contributed by atoms with Gasteiger partial charge in [0.1, 0.15) is 0 Å². The molecule has 0 atom stereocenters. The maximum Gasteiger partial charge on any atom is 0.0645 e. The summed E-state index contributed by atoms with van der Waals surface area (Å²) in [5, 5.41) is 3.90. The number of nitrogens with zero attached hydrogens (tertiary/aromatic N) is 2. The van der Waals surface area contributed by atoms with Crippen LogP contribution in [-0.2, 0) is 0 Å². The third-order valence-corrected chi connectivity index (χ3v) is 7.40. The monoisotopic (exact) mass is 488 g/mol. The number of aromatic nitrogens is 2. The largest absolute Gasteiger partial charge is 0.309 e. The summed E-state index contributed by atoms with van der Waals surface area (Å²) in [7, 11) is 0. The van der Waals surface area contributed by atoms with Crippen LogP contribution >= 0.6 is 0 Å². The van der Waals surface area contributed by atoms with Crippen molar-refractivity contribution < 1.29 is 5.48 Å². The van der Waals surface area contributed by atoms with Crippen molar-refractivity contribution >= 4 is 43.6 Å². The predicted molar refractivity (Wildman–Crippen MR) is 161 cm³/mol. The molecule has 0 aliphatic carbocycles. The summed E-state index contributed by atoms with van der Waals surface area (Å²) >= 11 is 0. The van der Waals surface area contributed by atoms with Crippen molar-refractivity contribution in [1.82, 2.24) is 9.13 Å². The second-order valence-electron chi connectivity index (χ2n) is 9.49. The van der Waals surface area contributed by atoms with Gasteiger partial charge < -0.3 is 9.13 Å². The topological polar surface area (TPSA) is 9.86 Å². The van der Waals surface area contributed by atoms with E-state index in [1.54, 1.807) is 24.3 Å². The first-order valence-electron chi connectivity index (χ1n) is 14.7. The van der Waals surface area contributed by atoms with Gasteiger partial charge in [0.2, 0.25) is 0 Å². The first kappa shape index (κ1) is 17.4. The van der Waals surface area contributed by atoms with Gasteiger partial charge in [-0.25, -0.2) is 0 Å². The molecule has 178 valence electrons. The van der Waals surface area contributed by atoms with E-state index in [9.17, 15) is 0 Å². The first-order valence-corrected chi connectivity index (χ1v) is 12.7. The third kappa shape index (κ3) is 3.07. The minimum atomic E-state index is 0.430. The molecule has 0 bridgehead atoms. The Morgan fingerprint density at radius 3 is 0.921 bits per heavy atom. The molecule has 2 heteroatoms. The van der Waals surface area contributed by atoms with Gasteiger partial charge in [0.05, 0.1) is 27.5 Å². The molecule has 0 spiro atoms. The smallest absolute Gasteiger partial charge is 0.0645 e. The lowest BCUT2D eigenvalue weighted by atomic mass is 10.0. The van der Waals surface area contributed by atoms with Gasteiger partial charge >= 0.3 is 0 Å². The lowest BCUT2D eigenvalue weighted by Gasteiger charge is -2.11. The summed E-state index contributed by atoms with van der Waals surface area (Å²) in [4.78, 5) is 0. The molecule has 0 fully saturated rings. The maximum atomic E-state index is 8.63. The summed E-state index contributed by atoms with van der Waals surface area (Å²) in [6, 6.07) is 41.0. The lowest BCUT2D eigenvalue weighted by molar-refractivity contribution is 1.18. The zero-order valence-corrected chi connectivity index (χ0v) is 20.4. The Labute approximate surface area is 226 Å². The van der Waals surface area contributed by atoms with Crippen molar-refractivity contribution in [3.8, 4) is 22.5 Å². The standard InChI is InChI=1S/C36H24N2/c1-5-13-33-29(9-1)30-10-2-6-14-34(30)37(33)27-21-17-25(18-22-27)26-19-23-28(24-20-26)38-35-15-7-3-11-31(35)32-12-4-8-16-36(32)38/h1-24H/i13D,14D,15D,16D. The van der Waals surface area contributed by atoms with Crippen LogP contribution in [0.15, 0.2) is 145 Å². The van der Waals surface area contributed by atoms with Crippen molar-refractivity contribution in [2.75, 3.05) is 0 Å². The molecule has 2 heterocycles. The Balaban J connectivity index is 1.23. The van der Waals surface area contributed by atoms with E-state index in [2.05, 4.69) is 24.3 Å². The predicted octanol–water partition coefficient (Wildman–Crippen LogP) is 9.55. The molecule has 2 nitrogen and oxygen atoms in total. The van der Waals surface area contributed by atoms with Crippen molar-refractivity contribution in [2.24, 2.45) is 0 Å². The highest BCUT2D eigenvalue weighted by Gasteiger charge is 2.13. The van der Waals surface area contributed by atoms with Crippen LogP contribution < -0.4 is 0 Å². The molecule has 0 unspecified atom stereocenters. The van der Waals surface area contributed by atoms with Crippen LogP contribution in [-0.4, -0.2) is 9.13 Å². The van der Waals surface area contributed by atoms with Crippen molar-refractivity contribution in [3.05, 3.63) is 145 Å². The van der Waals surface area contributed by atoms with E-state index >= 15 is 0 Å². The molecule has 8 aromatic rings. The average molecular weight is 489 g/mol. The molecule has 0 aliphatic rings. The molecule has 0 aliphatic heterocycles. The minimum Gasteiger partial charge on any atom is -0.309 e. The van der Waals surface area contributed by atoms with Gasteiger partial charge in [-0.05, 0) is 59.6 Å². The van der Waals surface area contributed by atoms with Crippen LogP contribution in [0.3, 0.4) is 0 Å². The van der Waals surface area contributed by atoms with Gasteiger partial charge in [-0.3, -0.25) is 0 Å². The first-order chi connectivity index (χ1) is 20.5. The zero-order valence-electron chi connectivity index (χ0n) is 24.4. The van der Waals surface area contributed by atoms with Gasteiger partial charge in [0.25, 0.3) is 0 Å². The molecular weight excluding hydrogens is 460 g/mol. The van der Waals surface area contributed by atoms with Gasteiger partial charge in [-0.15, -0.1) is 0 Å². The van der Waals surface area contributed by atoms with Crippen molar-refractivity contribution in [1.29, 1.82) is 0 Å². The molecule has 0 radical (unpaired) electrons. The van der Waals surface area contributed by atoms with Crippen LogP contribution in [0, 0.1) is 0 Å². The number of fused-ring (bicyclic) bond motifs is 6. The fourth-order valence-electron chi connectivity index (χ4n) is 5.67. The summed E-state index contributed by atoms with van der Waals surface area (Å²) < 4.78 is 38.6. The molecule has 0 saturated carbocycles. The van der Waals surface area contributed by atoms with Gasteiger partial charge in [-0.1, -0.05) is 97.1 Å². The average Bonchev–Trinajstić information content (AvgIpc) is 3.54. The van der Waals surface area contributed by atoms with E-state index < -0.39 is 0 Å². The quantitative estimate of drug-likeness (QED) is 0.234. The second-order valence-corrected chi connectivity index (χ2v) is 9.49. The number of para-hydroxylation sites is 4. The summed E-state index contributed by atoms with van der Waals surface area (Å²) in [6.07, 6.45) is 0. The number of hydrogen-bond donors (Lipinski definition) is 0. The molecule has 8 rings (SSSR count). The van der Waals surface area contributed by atoms with Gasteiger partial charge in [-0.2, -0.15) is 0 Å². The Bertz CT molecular complexity index is 2040. The van der Waals surface area contributed by atoms with Gasteiger partial charge in [0.15, 0.2) is 0 Å². The minimum absolute atomic E-state index is 0.430. The van der Waals surface area contributed by atoms with E-state index in [0.717, 1.165) is 66.1 Å². The van der Waals surface area contributed by atoms with Crippen LogP contribution in [0.5, 0.6) is 0 Å². The Morgan fingerprint density at radius 1 is 0.342 bits per heavy atom. The highest BCUT2D eigenvalue weighted by molar-refractivity contribution is 6.10. The number of hydrogen-bond acceptors (Lipinski definition) is 0. The fourth-order valence-corrected chi connectivity index (χ4v) is 5.67. The van der Waals surface area contributed by atoms with Crippen LogP contribution in [0.4, 0.5) is 0 Å². The fraction of sp³-hybridized carbons (Fsp3) is 0. The van der Waals surface area contributed by atoms with E-state index in [1.165, 1.54) is 0 Å². The molecule has 2 aromatic heterocycles. The van der Waals surface area contributed by atoms with E-state index in [-0.39, 0.29) is 0 Å². The third-order valence-electron chi connectivity index (χ3n) is 7.40. The highest BCUT2D eigenvalue weighted by Crippen LogP contribution is 2.34. The van der Waals surface area contributed by atoms with Crippen LogP contribution in [0.25, 0.3) is 66.1 Å². The van der Waals surface area contributed by atoms with E-state index in [4.69, 9.17) is 5.48 Å². The Morgan fingerprint density at radius 2 is 0.632 bits per heavy atom. The normalized spacial score (nSPS) is 13.2. The van der Waals surface area contributed by atoms with Crippen LogP contribution in [0.2, 0.25) is 0 Å². The SMILES string of the molecule is [2H]c1cccc2c3cccc([2H])c3n(-c3ccc(-c4ccc(-n5c6c([2H])cccc6c6cccc([2H])c65)cc4)cc3)c12. The number of rotatable bonds is 3. The lowest BCUT2D eigenvalue weighted by Crippen LogP contribution is -1.94. The highest BCUT2D eigenvalue weighted by atomic mass is 15.0. The maximum absolute atomic E-state index is 8.63. The zero-order chi connectivity index (χ0) is 28.5. The second kappa shape index (κ2) is 8.22. The number of benzene rings is 6. The van der Waals surface area contributed by atoms with Crippen molar-refractivity contribution in [2.45, 2.75) is 0 Å². The molecular formula is C36H24N2.